The van der Waals surface area contributed by atoms with E-state index >= 15 is 0 Å². The van der Waals surface area contributed by atoms with Gasteiger partial charge >= 0.3 is 84.9 Å². The van der Waals surface area contributed by atoms with E-state index < -0.39 is 0 Å². The van der Waals surface area contributed by atoms with Crippen molar-refractivity contribution in [3.8, 4) is 0 Å². The molecule has 0 aliphatic rings. The molecule has 0 bridgehead atoms. The second-order valence-corrected chi connectivity index (χ2v) is 5.80. The molecule has 3 heteroatoms. The Morgan fingerprint density at radius 3 is 1.20 bits per heavy atom. The summed E-state index contributed by atoms with van der Waals surface area (Å²) in [6, 6.07) is 21.5. The summed E-state index contributed by atoms with van der Waals surface area (Å²) in [5.74, 6) is 0. The van der Waals surface area contributed by atoms with Crippen molar-refractivity contribution in [3.63, 3.8) is 0 Å². The van der Waals surface area contributed by atoms with Crippen LogP contribution in [0.25, 0.3) is 0 Å². The van der Waals surface area contributed by atoms with E-state index in [-0.39, 0.29) is 53.2 Å². The van der Waals surface area contributed by atoms with Crippen LogP contribution in [-0.2, 0) is 0 Å². The van der Waals surface area contributed by atoms with E-state index in [1.54, 1.807) is 0 Å². The summed E-state index contributed by atoms with van der Waals surface area (Å²) >= 11 is -0.108. The Kier molecular flexibility index (Phi) is 8.44. The SMILES string of the molecule is [Li].[Li].c1cc[c]([Ge][c]2ccccc2)cc1. The molecule has 0 amide bonds. The van der Waals surface area contributed by atoms with Gasteiger partial charge in [0.1, 0.15) is 0 Å². The summed E-state index contributed by atoms with van der Waals surface area (Å²) in [5.41, 5.74) is 0. The molecule has 15 heavy (non-hydrogen) atoms. The maximum atomic E-state index is 2.22. The quantitative estimate of drug-likeness (QED) is 0.674. The summed E-state index contributed by atoms with van der Waals surface area (Å²) in [7, 11) is 0. The van der Waals surface area contributed by atoms with Gasteiger partial charge in [-0.2, -0.15) is 0 Å². The van der Waals surface area contributed by atoms with Gasteiger partial charge in [0.15, 0.2) is 0 Å². The van der Waals surface area contributed by atoms with Gasteiger partial charge in [-0.05, 0) is 0 Å². The van der Waals surface area contributed by atoms with Gasteiger partial charge < -0.3 is 0 Å². The molecule has 0 spiro atoms. The summed E-state index contributed by atoms with van der Waals surface area (Å²) in [6.07, 6.45) is 0. The first-order valence-electron chi connectivity index (χ1n) is 4.32. The molecular weight excluding hydrogens is 231 g/mol. The second-order valence-electron chi connectivity index (χ2n) is 2.86. The Hall–Kier alpha value is 0.178. The Morgan fingerprint density at radius 2 is 0.867 bits per heavy atom. The van der Waals surface area contributed by atoms with Gasteiger partial charge in [0.2, 0.25) is 0 Å². The Morgan fingerprint density at radius 1 is 0.533 bits per heavy atom. The zero-order valence-electron chi connectivity index (χ0n) is 9.27. The fraction of sp³-hybridized carbons (Fsp3) is 0. The zero-order valence-corrected chi connectivity index (χ0v) is 11.4. The van der Waals surface area contributed by atoms with E-state index in [0.717, 1.165) is 0 Å². The molecule has 2 rings (SSSR count). The van der Waals surface area contributed by atoms with Gasteiger partial charge in [-0.25, -0.2) is 0 Å². The predicted octanol–water partition coefficient (Wildman–Crippen LogP) is 0.580. The van der Waals surface area contributed by atoms with Crippen LogP contribution in [0.5, 0.6) is 0 Å². The van der Waals surface area contributed by atoms with E-state index in [1.165, 1.54) is 8.79 Å². The van der Waals surface area contributed by atoms with Crippen molar-refractivity contribution in [1.82, 2.24) is 0 Å². The standard InChI is InChI=1S/C12H10Ge.2Li/c1-3-7-11(8-4-1)13-12-9-5-2-6-10-12;;/h1-10H;;. The van der Waals surface area contributed by atoms with Gasteiger partial charge in [0, 0.05) is 37.7 Å². The van der Waals surface area contributed by atoms with E-state index in [0.29, 0.717) is 0 Å². The third-order valence-electron chi connectivity index (χ3n) is 1.84. The fourth-order valence-electron chi connectivity index (χ4n) is 1.21. The van der Waals surface area contributed by atoms with Crippen molar-refractivity contribution in [1.29, 1.82) is 0 Å². The molecule has 0 fully saturated rings. The molecule has 4 radical (unpaired) electrons. The maximum absolute atomic E-state index is 2.22. The zero-order chi connectivity index (χ0) is 8.93. The van der Waals surface area contributed by atoms with E-state index in [1.807, 2.05) is 0 Å². The number of rotatable bonds is 2. The molecule has 0 aromatic heterocycles. The molecule has 0 nitrogen and oxygen atoms in total. The van der Waals surface area contributed by atoms with Crippen molar-refractivity contribution >= 4 is 61.9 Å². The monoisotopic (exact) mass is 242 g/mol. The molecule has 64 valence electrons. The van der Waals surface area contributed by atoms with Gasteiger partial charge in [0.05, 0.1) is 0 Å². The predicted molar refractivity (Wildman–Crippen MR) is 69.4 cm³/mol. The molecule has 0 saturated heterocycles. The Bertz CT molecular complexity index is 324. The van der Waals surface area contributed by atoms with E-state index in [9.17, 15) is 0 Å². The molecule has 0 aliphatic carbocycles. The Balaban J connectivity index is 0.000000980. The van der Waals surface area contributed by atoms with Crippen LogP contribution < -0.4 is 8.79 Å². The average molecular weight is 241 g/mol. The van der Waals surface area contributed by atoms with Crippen LogP contribution in [0.15, 0.2) is 60.7 Å². The molecule has 0 aliphatic heterocycles. The van der Waals surface area contributed by atoms with Gasteiger partial charge in [-0.1, -0.05) is 0 Å². The average Bonchev–Trinajstić information content (AvgIpc) is 2.21. The van der Waals surface area contributed by atoms with Crippen molar-refractivity contribution in [2.24, 2.45) is 0 Å². The fourth-order valence-corrected chi connectivity index (χ4v) is 3.42. The van der Waals surface area contributed by atoms with Gasteiger partial charge in [-0.3, -0.25) is 0 Å². The minimum atomic E-state index is -0.108. The number of benzene rings is 2. The molecular formula is C12H10GeLi2. The van der Waals surface area contributed by atoms with Crippen LogP contribution in [0, 0.1) is 0 Å². The van der Waals surface area contributed by atoms with Gasteiger partial charge in [-0.15, -0.1) is 0 Å². The van der Waals surface area contributed by atoms with E-state index in [2.05, 4.69) is 60.7 Å². The first kappa shape index (κ1) is 15.2. The summed E-state index contributed by atoms with van der Waals surface area (Å²) in [6.45, 7) is 0. The van der Waals surface area contributed by atoms with Crippen molar-refractivity contribution in [2.45, 2.75) is 0 Å². The third kappa shape index (κ3) is 5.16. The van der Waals surface area contributed by atoms with Crippen LogP contribution in [0.3, 0.4) is 0 Å². The molecule has 0 unspecified atom stereocenters. The van der Waals surface area contributed by atoms with Crippen LogP contribution in [0.1, 0.15) is 0 Å². The third-order valence-corrected chi connectivity index (χ3v) is 4.45. The number of hydrogen-bond acceptors (Lipinski definition) is 0. The van der Waals surface area contributed by atoms with Crippen LogP contribution >= 0.6 is 0 Å². The minimum absolute atomic E-state index is 0. The normalized spacial score (nSPS) is 8.53. The van der Waals surface area contributed by atoms with Gasteiger partial charge in [0.25, 0.3) is 0 Å². The van der Waals surface area contributed by atoms with Crippen LogP contribution in [-0.4, -0.2) is 53.2 Å². The summed E-state index contributed by atoms with van der Waals surface area (Å²) < 4.78 is 2.99. The molecule has 0 N–H and O–H groups in total. The topological polar surface area (TPSA) is 0 Å². The van der Waals surface area contributed by atoms with Crippen LogP contribution in [0.2, 0.25) is 0 Å². The summed E-state index contributed by atoms with van der Waals surface area (Å²) in [5, 5.41) is 0. The van der Waals surface area contributed by atoms with Crippen molar-refractivity contribution in [2.75, 3.05) is 0 Å². The van der Waals surface area contributed by atoms with Crippen molar-refractivity contribution < 1.29 is 0 Å². The summed E-state index contributed by atoms with van der Waals surface area (Å²) in [4.78, 5) is 0. The molecule has 0 atom stereocenters. The molecule has 0 saturated carbocycles. The van der Waals surface area contributed by atoms with E-state index in [4.69, 9.17) is 0 Å². The first-order chi connectivity index (χ1) is 6.45. The second kappa shape index (κ2) is 8.34. The van der Waals surface area contributed by atoms with Crippen LogP contribution in [0.4, 0.5) is 0 Å². The Labute approximate surface area is 122 Å². The first-order valence-corrected chi connectivity index (χ1v) is 6.42. The number of hydrogen-bond donors (Lipinski definition) is 0. The molecule has 0 heterocycles. The molecule has 2 aromatic carbocycles. The molecule has 2 aromatic rings. The van der Waals surface area contributed by atoms with Crippen molar-refractivity contribution in [3.05, 3.63) is 60.7 Å².